The average molecular weight is 975 g/mol. The van der Waals surface area contributed by atoms with E-state index >= 15 is 0 Å². The molecule has 9 aromatic carbocycles. The van der Waals surface area contributed by atoms with E-state index in [0.717, 1.165) is 84.9 Å². The summed E-state index contributed by atoms with van der Waals surface area (Å²) in [6, 6.07) is 21.3. The lowest BCUT2D eigenvalue weighted by Crippen LogP contribution is -1.91. The summed E-state index contributed by atoms with van der Waals surface area (Å²) >= 11 is 0. The van der Waals surface area contributed by atoms with Crippen LogP contribution < -0.4 is 0 Å². The molecule has 0 aromatic heterocycles. The van der Waals surface area contributed by atoms with Gasteiger partial charge < -0.3 is 91.9 Å². The minimum Gasteiger partial charge on any atom is -0.508 e. The first-order chi connectivity index (χ1) is 34.1. The third-order valence-corrected chi connectivity index (χ3v) is 12.1. The van der Waals surface area contributed by atoms with Gasteiger partial charge in [-0.25, -0.2) is 0 Å². The predicted molar refractivity (Wildman–Crippen MR) is 260 cm³/mol. The molecule has 0 amide bonds. The number of phenolic OH excluding ortho intramolecular Hbond substituents is 18. The van der Waals surface area contributed by atoms with Crippen molar-refractivity contribution in [2.24, 2.45) is 0 Å². The van der Waals surface area contributed by atoms with E-state index < -0.39 is 92.0 Å². The van der Waals surface area contributed by atoms with Gasteiger partial charge in [0.15, 0.2) is 0 Å². The fraction of sp³-hybridized carbons (Fsp3) is 0. The van der Waals surface area contributed by atoms with Crippen LogP contribution in [0, 0.1) is 0 Å². The number of hydrogen-bond donors (Lipinski definition) is 18. The van der Waals surface area contributed by atoms with Crippen molar-refractivity contribution >= 4 is 0 Å². The highest BCUT2D eigenvalue weighted by Gasteiger charge is 2.26. The van der Waals surface area contributed by atoms with Gasteiger partial charge in [-0.15, -0.1) is 0 Å². The van der Waals surface area contributed by atoms with Crippen molar-refractivity contribution in [3.8, 4) is 193 Å². The smallest absolute Gasteiger partial charge is 0.127 e. The van der Waals surface area contributed by atoms with Crippen LogP contribution in [0.5, 0.6) is 103 Å². The third kappa shape index (κ3) is 7.97. The summed E-state index contributed by atoms with van der Waals surface area (Å²) < 4.78 is 0. The van der Waals surface area contributed by atoms with E-state index in [2.05, 4.69) is 0 Å². The van der Waals surface area contributed by atoms with E-state index in [1.807, 2.05) is 0 Å². The molecule has 0 aliphatic carbocycles. The van der Waals surface area contributed by atoms with Crippen LogP contribution in [0.4, 0.5) is 0 Å². The standard InChI is InChI=1S/C54H38O18/c55-21-1-3-23(39(57)5-21)25-7-27(43(61)14-41(25)59)29-9-31(47(65)16-45(29)63)33-11-35(51(69)18-49(33)67)37-13-38(54(72)20-53(37)71)36-12-34(50(68)19-52(36)70)32-10-30(46(64)17-48(32)66)28-8-26(42(60)15-44(28)62)24-4-2-22(56)6-40(24)58/h1-20,55-72H. The Labute approximate surface area is 404 Å². The molecule has 0 aliphatic heterocycles. The highest BCUT2D eigenvalue weighted by atomic mass is 16.3. The Morgan fingerprint density at radius 3 is 0.389 bits per heavy atom. The highest BCUT2D eigenvalue weighted by molar-refractivity contribution is 5.95. The molecular formula is C54H38O18. The van der Waals surface area contributed by atoms with Gasteiger partial charge >= 0.3 is 0 Å². The zero-order chi connectivity index (χ0) is 51.8. The molecule has 0 radical (unpaired) electrons. The molecule has 0 saturated heterocycles. The van der Waals surface area contributed by atoms with Crippen molar-refractivity contribution in [3.63, 3.8) is 0 Å². The zero-order valence-electron chi connectivity index (χ0n) is 36.6. The van der Waals surface area contributed by atoms with Crippen LogP contribution in [-0.2, 0) is 0 Å². The largest absolute Gasteiger partial charge is 0.508 e. The second-order valence-electron chi connectivity index (χ2n) is 16.6. The molecule has 0 fully saturated rings. The first-order valence-corrected chi connectivity index (χ1v) is 21.1. The predicted octanol–water partition coefficient (Wildman–Crippen LogP) is 9.72. The van der Waals surface area contributed by atoms with E-state index in [1.165, 1.54) is 36.4 Å². The molecule has 18 nitrogen and oxygen atoms in total. The van der Waals surface area contributed by atoms with Gasteiger partial charge in [0.05, 0.1) is 0 Å². The molecule has 9 aromatic rings. The van der Waals surface area contributed by atoms with Crippen LogP contribution >= 0.6 is 0 Å². The Kier molecular flexibility index (Phi) is 11.1. The van der Waals surface area contributed by atoms with Gasteiger partial charge in [0.1, 0.15) is 103 Å². The van der Waals surface area contributed by atoms with Crippen molar-refractivity contribution in [1.82, 2.24) is 0 Å². The Morgan fingerprint density at radius 1 is 0.125 bits per heavy atom. The van der Waals surface area contributed by atoms with Crippen molar-refractivity contribution in [2.45, 2.75) is 0 Å². The Bertz CT molecular complexity index is 3510. The van der Waals surface area contributed by atoms with Gasteiger partial charge in [-0.2, -0.15) is 0 Å². The van der Waals surface area contributed by atoms with Crippen molar-refractivity contribution < 1.29 is 91.9 Å². The molecule has 0 spiro atoms. The van der Waals surface area contributed by atoms with E-state index in [9.17, 15) is 91.9 Å². The van der Waals surface area contributed by atoms with E-state index in [0.29, 0.717) is 0 Å². The quantitative estimate of drug-likeness (QED) is 0.0673. The molecule has 72 heavy (non-hydrogen) atoms. The Morgan fingerprint density at radius 2 is 0.250 bits per heavy atom. The molecule has 0 aliphatic rings. The number of benzene rings is 9. The lowest BCUT2D eigenvalue weighted by atomic mass is 9.90. The molecule has 9 rings (SSSR count). The Balaban J connectivity index is 1.15. The van der Waals surface area contributed by atoms with Gasteiger partial charge in [0, 0.05) is 144 Å². The van der Waals surface area contributed by atoms with E-state index in [1.54, 1.807) is 0 Å². The average Bonchev–Trinajstić information content (AvgIpc) is 3.29. The second-order valence-corrected chi connectivity index (χ2v) is 16.6. The summed E-state index contributed by atoms with van der Waals surface area (Å²) in [4.78, 5) is 0. The molecule has 0 unspecified atom stereocenters. The molecule has 0 atom stereocenters. The van der Waals surface area contributed by atoms with Crippen LogP contribution in [0.1, 0.15) is 0 Å². The fourth-order valence-electron chi connectivity index (χ4n) is 8.56. The topological polar surface area (TPSA) is 364 Å². The third-order valence-electron chi connectivity index (χ3n) is 12.1. The first kappa shape index (κ1) is 46.5. The maximum atomic E-state index is 11.3. The van der Waals surface area contributed by atoms with Crippen molar-refractivity contribution in [2.75, 3.05) is 0 Å². The number of aromatic hydroxyl groups is 18. The Hall–Kier alpha value is -10.6. The van der Waals surface area contributed by atoms with Gasteiger partial charge in [0.2, 0.25) is 0 Å². The number of hydrogen-bond acceptors (Lipinski definition) is 18. The van der Waals surface area contributed by atoms with Gasteiger partial charge in [0.25, 0.3) is 0 Å². The summed E-state index contributed by atoms with van der Waals surface area (Å²) in [5.74, 6) is -9.94. The van der Waals surface area contributed by atoms with E-state index in [-0.39, 0.29) is 101 Å². The number of phenols is 18. The maximum Gasteiger partial charge on any atom is 0.127 e. The highest BCUT2D eigenvalue weighted by Crippen LogP contribution is 2.54. The van der Waals surface area contributed by atoms with Crippen LogP contribution in [0.2, 0.25) is 0 Å². The van der Waals surface area contributed by atoms with Gasteiger partial charge in [-0.1, -0.05) is 0 Å². The molecular weight excluding hydrogens is 937 g/mol. The normalized spacial score (nSPS) is 11.2. The minimum atomic E-state index is -0.661. The zero-order valence-corrected chi connectivity index (χ0v) is 36.6. The molecule has 18 N–H and O–H groups in total. The van der Waals surface area contributed by atoms with Crippen LogP contribution in [0.3, 0.4) is 0 Å². The van der Waals surface area contributed by atoms with Crippen LogP contribution in [-0.4, -0.2) is 91.9 Å². The van der Waals surface area contributed by atoms with E-state index in [4.69, 9.17) is 0 Å². The van der Waals surface area contributed by atoms with Crippen molar-refractivity contribution in [3.05, 3.63) is 121 Å². The number of rotatable bonds is 8. The monoisotopic (exact) mass is 974 g/mol. The van der Waals surface area contributed by atoms with Crippen molar-refractivity contribution in [1.29, 1.82) is 0 Å². The minimum absolute atomic E-state index is 0.0280. The molecule has 0 saturated carbocycles. The lowest BCUT2D eigenvalue weighted by molar-refractivity contribution is 0.442. The van der Waals surface area contributed by atoms with Crippen LogP contribution in [0.15, 0.2) is 121 Å². The van der Waals surface area contributed by atoms with Gasteiger partial charge in [-0.3, -0.25) is 0 Å². The first-order valence-electron chi connectivity index (χ1n) is 21.1. The maximum absolute atomic E-state index is 11.3. The molecule has 0 bridgehead atoms. The van der Waals surface area contributed by atoms with Gasteiger partial charge in [-0.05, 0) is 66.7 Å². The summed E-state index contributed by atoms with van der Waals surface area (Å²) in [6.07, 6.45) is 0. The lowest BCUT2D eigenvalue weighted by Gasteiger charge is -2.18. The summed E-state index contributed by atoms with van der Waals surface area (Å²) in [5.41, 5.74) is -2.56. The summed E-state index contributed by atoms with van der Waals surface area (Å²) in [7, 11) is 0. The SMILES string of the molecule is Oc1ccc(-c2cc(-c3cc(-c4cc(-c5cc(-c6cc(-c7cc(-c8cc(-c9ccc(O)cc9O)c(O)cc8O)c(O)cc7O)c(O)cc6O)c(O)cc5O)c(O)cc4O)c(O)cc3O)c(O)cc2O)c(O)c1. The summed E-state index contributed by atoms with van der Waals surface area (Å²) in [5, 5.41) is 196. The molecule has 0 heterocycles. The van der Waals surface area contributed by atoms with Crippen LogP contribution in [0.25, 0.3) is 89.0 Å². The fourth-order valence-corrected chi connectivity index (χ4v) is 8.56. The second kappa shape index (κ2) is 17.2. The molecule has 18 heteroatoms. The molecule has 362 valence electrons. The summed E-state index contributed by atoms with van der Waals surface area (Å²) in [6.45, 7) is 0.